The summed E-state index contributed by atoms with van der Waals surface area (Å²) in [5, 5.41) is 10.8. The first-order valence-corrected chi connectivity index (χ1v) is 7.69. The number of carbonyl (C=O) groups excluding carboxylic acids is 1. The van der Waals surface area contributed by atoms with E-state index in [1.54, 1.807) is 11.3 Å². The van der Waals surface area contributed by atoms with E-state index in [4.69, 9.17) is 5.73 Å². The summed E-state index contributed by atoms with van der Waals surface area (Å²) in [6.07, 6.45) is 0.723. The summed E-state index contributed by atoms with van der Waals surface area (Å²) in [5.41, 5.74) is 9.44. The van der Waals surface area contributed by atoms with E-state index in [9.17, 15) is 4.79 Å². The number of thiazole rings is 1. The van der Waals surface area contributed by atoms with Gasteiger partial charge in [0.2, 0.25) is 5.91 Å². The third kappa shape index (κ3) is 3.48. The molecule has 0 saturated carbocycles. The number of carbonyl (C=O) groups is 1. The first-order valence-electron chi connectivity index (χ1n) is 6.87. The third-order valence-electron chi connectivity index (χ3n) is 3.49. The van der Waals surface area contributed by atoms with Crippen molar-refractivity contribution in [3.05, 3.63) is 32.5 Å². The number of aromatic amines is 1. The molecule has 2 heterocycles. The number of nitrogens with two attached hydrogens (primary N) is 1. The maximum absolute atomic E-state index is 12.1. The van der Waals surface area contributed by atoms with E-state index in [0.717, 1.165) is 34.1 Å². The second kappa shape index (κ2) is 6.36. The zero-order valence-electron chi connectivity index (χ0n) is 12.8. The number of H-pyrrole nitrogens is 1. The van der Waals surface area contributed by atoms with Gasteiger partial charge in [-0.15, -0.1) is 11.3 Å². The van der Waals surface area contributed by atoms with Gasteiger partial charge < -0.3 is 11.1 Å². The second-order valence-electron chi connectivity index (χ2n) is 5.12. The Bertz CT molecular complexity index is 607. The lowest BCUT2D eigenvalue weighted by molar-refractivity contribution is -0.122. The van der Waals surface area contributed by atoms with Crippen LogP contribution in [0.15, 0.2) is 0 Å². The van der Waals surface area contributed by atoms with Gasteiger partial charge in [0.15, 0.2) is 0 Å². The minimum atomic E-state index is -0.691. The van der Waals surface area contributed by atoms with Crippen LogP contribution in [0.4, 0.5) is 0 Å². The van der Waals surface area contributed by atoms with Crippen molar-refractivity contribution < 1.29 is 4.79 Å². The van der Waals surface area contributed by atoms with Crippen LogP contribution in [0.2, 0.25) is 0 Å². The highest BCUT2D eigenvalue weighted by molar-refractivity contribution is 7.11. The average molecular weight is 307 g/mol. The number of nitrogens with one attached hydrogen (secondary N) is 2. The van der Waals surface area contributed by atoms with Gasteiger partial charge in [-0.05, 0) is 27.7 Å². The predicted octanol–water partition coefficient (Wildman–Crippen LogP) is 1.46. The molecule has 0 aliphatic carbocycles. The van der Waals surface area contributed by atoms with Gasteiger partial charge in [-0.1, -0.05) is 0 Å². The Morgan fingerprint density at radius 2 is 2.05 bits per heavy atom. The molecule has 1 atom stereocenters. The van der Waals surface area contributed by atoms with Gasteiger partial charge >= 0.3 is 0 Å². The molecule has 21 heavy (non-hydrogen) atoms. The smallest absolute Gasteiger partial charge is 0.241 e. The molecule has 0 radical (unpaired) electrons. The number of hydrogen-bond acceptors (Lipinski definition) is 5. The SMILES string of the molecule is Cc1nc(CCNC(=O)[C@H](N)c2c(C)n[nH]c2C)sc1C. The second-order valence-corrected chi connectivity index (χ2v) is 6.40. The molecule has 7 heteroatoms. The summed E-state index contributed by atoms with van der Waals surface area (Å²) < 4.78 is 0. The fourth-order valence-electron chi connectivity index (χ4n) is 2.20. The molecule has 0 aromatic carbocycles. The number of aryl methyl sites for hydroxylation is 4. The Labute approximate surface area is 128 Å². The minimum Gasteiger partial charge on any atom is -0.354 e. The van der Waals surface area contributed by atoms with E-state index in [1.165, 1.54) is 4.88 Å². The van der Waals surface area contributed by atoms with Crippen molar-refractivity contribution in [2.24, 2.45) is 5.73 Å². The fraction of sp³-hybridized carbons (Fsp3) is 0.500. The van der Waals surface area contributed by atoms with Crippen molar-refractivity contribution in [2.45, 2.75) is 40.2 Å². The Morgan fingerprint density at radius 3 is 2.57 bits per heavy atom. The van der Waals surface area contributed by atoms with E-state index >= 15 is 0 Å². The highest BCUT2D eigenvalue weighted by atomic mass is 32.1. The predicted molar refractivity (Wildman–Crippen MR) is 83.3 cm³/mol. The van der Waals surface area contributed by atoms with E-state index in [0.29, 0.717) is 6.54 Å². The maximum Gasteiger partial charge on any atom is 0.241 e. The normalized spacial score (nSPS) is 12.4. The number of nitrogens with zero attached hydrogens (tertiary/aromatic N) is 2. The van der Waals surface area contributed by atoms with Gasteiger partial charge in [-0.2, -0.15) is 5.10 Å². The van der Waals surface area contributed by atoms with Crippen LogP contribution < -0.4 is 11.1 Å². The lowest BCUT2D eigenvalue weighted by Gasteiger charge is -2.12. The summed E-state index contributed by atoms with van der Waals surface area (Å²) in [5.74, 6) is -0.187. The zero-order chi connectivity index (χ0) is 15.6. The van der Waals surface area contributed by atoms with Crippen molar-refractivity contribution in [1.29, 1.82) is 0 Å². The van der Waals surface area contributed by atoms with Crippen LogP contribution >= 0.6 is 11.3 Å². The summed E-state index contributed by atoms with van der Waals surface area (Å²) in [7, 11) is 0. The van der Waals surface area contributed by atoms with Crippen molar-refractivity contribution >= 4 is 17.2 Å². The lowest BCUT2D eigenvalue weighted by Crippen LogP contribution is -2.35. The maximum atomic E-state index is 12.1. The average Bonchev–Trinajstić information content (AvgIpc) is 2.92. The molecule has 4 N–H and O–H groups in total. The van der Waals surface area contributed by atoms with Gasteiger partial charge in [0.05, 0.1) is 16.4 Å². The molecule has 114 valence electrons. The summed E-state index contributed by atoms with van der Waals surface area (Å²) in [6, 6.07) is -0.691. The van der Waals surface area contributed by atoms with Crippen molar-refractivity contribution in [3.63, 3.8) is 0 Å². The monoisotopic (exact) mass is 307 g/mol. The molecule has 2 aromatic heterocycles. The van der Waals surface area contributed by atoms with Gasteiger partial charge in [0.25, 0.3) is 0 Å². The Kier molecular flexibility index (Phi) is 4.74. The molecule has 0 aliphatic heterocycles. The molecule has 0 spiro atoms. The summed E-state index contributed by atoms with van der Waals surface area (Å²) in [4.78, 5) is 17.8. The van der Waals surface area contributed by atoms with Crippen LogP contribution in [0.5, 0.6) is 0 Å². The van der Waals surface area contributed by atoms with Gasteiger partial charge in [0.1, 0.15) is 6.04 Å². The molecule has 6 nitrogen and oxygen atoms in total. The molecule has 0 aliphatic rings. The number of hydrogen-bond donors (Lipinski definition) is 3. The van der Waals surface area contributed by atoms with Crippen molar-refractivity contribution in [3.8, 4) is 0 Å². The van der Waals surface area contributed by atoms with Crippen LogP contribution in [0, 0.1) is 27.7 Å². The van der Waals surface area contributed by atoms with E-state index in [1.807, 2.05) is 20.8 Å². The fourth-order valence-corrected chi connectivity index (χ4v) is 3.13. The largest absolute Gasteiger partial charge is 0.354 e. The molecule has 2 aromatic rings. The minimum absolute atomic E-state index is 0.187. The zero-order valence-corrected chi connectivity index (χ0v) is 13.6. The Morgan fingerprint density at radius 1 is 1.33 bits per heavy atom. The lowest BCUT2D eigenvalue weighted by atomic mass is 10.1. The van der Waals surface area contributed by atoms with Crippen molar-refractivity contribution in [2.75, 3.05) is 6.54 Å². The molecule has 2 rings (SSSR count). The van der Waals surface area contributed by atoms with Crippen LogP contribution in [0.1, 0.15) is 38.6 Å². The molecule has 1 amide bonds. The summed E-state index contributed by atoms with van der Waals surface area (Å²) >= 11 is 1.67. The molecular formula is C14H21N5OS. The van der Waals surface area contributed by atoms with Crippen LogP contribution in [0.25, 0.3) is 0 Å². The highest BCUT2D eigenvalue weighted by Crippen LogP contribution is 2.18. The van der Waals surface area contributed by atoms with Gasteiger partial charge in [0, 0.05) is 29.1 Å². The molecule has 0 saturated heterocycles. The third-order valence-corrected chi connectivity index (χ3v) is 4.62. The van der Waals surface area contributed by atoms with Crippen molar-refractivity contribution in [1.82, 2.24) is 20.5 Å². The Balaban J connectivity index is 1.90. The first-order chi connectivity index (χ1) is 9.90. The standard InChI is InChI=1S/C14H21N5OS/c1-7-10(4)21-11(17-7)5-6-16-14(20)13(15)12-8(2)18-19-9(12)3/h13H,5-6,15H2,1-4H3,(H,16,20)(H,18,19)/t13-/m1/s1. The van der Waals surface area contributed by atoms with Crippen LogP contribution in [-0.4, -0.2) is 27.6 Å². The molecule has 0 fully saturated rings. The van der Waals surface area contributed by atoms with Crippen LogP contribution in [-0.2, 0) is 11.2 Å². The van der Waals surface area contributed by atoms with Gasteiger partial charge in [-0.25, -0.2) is 4.98 Å². The first kappa shape index (κ1) is 15.7. The molecule has 0 bridgehead atoms. The number of aromatic nitrogens is 3. The van der Waals surface area contributed by atoms with Gasteiger partial charge in [-0.3, -0.25) is 9.89 Å². The summed E-state index contributed by atoms with van der Waals surface area (Å²) in [6.45, 7) is 8.29. The van der Waals surface area contributed by atoms with Crippen LogP contribution in [0.3, 0.4) is 0 Å². The number of amides is 1. The van der Waals surface area contributed by atoms with E-state index in [-0.39, 0.29) is 5.91 Å². The molecular weight excluding hydrogens is 286 g/mol. The number of rotatable bonds is 5. The van der Waals surface area contributed by atoms with E-state index in [2.05, 4.69) is 27.4 Å². The topological polar surface area (TPSA) is 96.7 Å². The highest BCUT2D eigenvalue weighted by Gasteiger charge is 2.21. The Hall–Kier alpha value is -1.73. The quantitative estimate of drug-likeness (QED) is 0.779. The van der Waals surface area contributed by atoms with E-state index < -0.39 is 6.04 Å². The molecule has 0 unspecified atom stereocenters.